The number of nitrogens with zero attached hydrogens (tertiary/aromatic N) is 2. The van der Waals surface area contributed by atoms with Gasteiger partial charge >= 0.3 is 6.18 Å². The summed E-state index contributed by atoms with van der Waals surface area (Å²) in [6.07, 6.45) is -3.28. The Kier molecular flexibility index (Phi) is 6.71. The molecule has 2 amide bonds. The number of anilines is 1. The topological polar surface area (TPSA) is 95.2 Å². The molecular formula is C28H23F3N4O3. The summed E-state index contributed by atoms with van der Waals surface area (Å²) in [6.45, 7) is 0.890. The molecule has 3 aromatic carbocycles. The third kappa shape index (κ3) is 5.15. The summed E-state index contributed by atoms with van der Waals surface area (Å²) in [5, 5.41) is 2.62. The Balaban J connectivity index is 1.21. The number of hydrogen-bond acceptors (Lipinski definition) is 4. The predicted molar refractivity (Wildman–Crippen MR) is 135 cm³/mol. The first kappa shape index (κ1) is 25.2. The van der Waals surface area contributed by atoms with Gasteiger partial charge in [0.15, 0.2) is 0 Å². The number of aromatic amines is 1. The van der Waals surface area contributed by atoms with E-state index in [9.17, 15) is 27.6 Å². The summed E-state index contributed by atoms with van der Waals surface area (Å²) in [6, 6.07) is 20.0. The Labute approximate surface area is 215 Å². The summed E-state index contributed by atoms with van der Waals surface area (Å²) < 4.78 is 39.3. The largest absolute Gasteiger partial charge is 0.449 e. The maximum Gasteiger partial charge on any atom is 0.449 e. The number of rotatable bonds is 5. The first-order chi connectivity index (χ1) is 18.2. The van der Waals surface area contributed by atoms with E-state index in [0.717, 1.165) is 5.56 Å². The normalized spacial score (nSPS) is 14.4. The number of halogens is 3. The van der Waals surface area contributed by atoms with E-state index in [1.165, 1.54) is 18.2 Å². The fraction of sp³-hybridized carbons (Fsp3) is 0.214. The number of benzene rings is 3. The molecule has 7 nitrogen and oxygen atoms in total. The molecule has 0 aliphatic carbocycles. The minimum Gasteiger partial charge on any atom is -0.339 e. The molecule has 0 bridgehead atoms. The highest BCUT2D eigenvalue weighted by atomic mass is 19.4. The summed E-state index contributed by atoms with van der Waals surface area (Å²) in [5.41, 5.74) is 2.16. The van der Waals surface area contributed by atoms with Crippen LogP contribution in [0.4, 0.5) is 18.9 Å². The van der Waals surface area contributed by atoms with Crippen LogP contribution in [-0.2, 0) is 11.0 Å². The van der Waals surface area contributed by atoms with Crippen molar-refractivity contribution in [3.63, 3.8) is 0 Å². The number of hydrogen-bond donors (Lipinski definition) is 2. The van der Waals surface area contributed by atoms with Gasteiger partial charge in [0.25, 0.3) is 17.6 Å². The average Bonchev–Trinajstić information content (AvgIpc) is 3.39. The molecule has 194 valence electrons. The predicted octanol–water partition coefficient (Wildman–Crippen LogP) is 5.42. The fourth-order valence-electron chi connectivity index (χ4n) is 4.67. The molecule has 4 aromatic rings. The van der Waals surface area contributed by atoms with Crippen LogP contribution >= 0.6 is 0 Å². The first-order valence-electron chi connectivity index (χ1n) is 12.1. The monoisotopic (exact) mass is 520 g/mol. The van der Waals surface area contributed by atoms with Crippen LogP contribution in [0.1, 0.15) is 50.9 Å². The lowest BCUT2D eigenvalue weighted by molar-refractivity contribution is -0.144. The molecular weight excluding hydrogens is 497 g/mol. The second-order valence-corrected chi connectivity index (χ2v) is 9.12. The lowest BCUT2D eigenvalue weighted by atomic mass is 9.89. The van der Waals surface area contributed by atoms with Crippen LogP contribution in [0.5, 0.6) is 0 Å². The van der Waals surface area contributed by atoms with Crippen molar-refractivity contribution in [2.45, 2.75) is 24.9 Å². The summed E-state index contributed by atoms with van der Waals surface area (Å²) in [4.78, 5) is 45.2. The minimum atomic E-state index is -4.63. The fourth-order valence-corrected chi connectivity index (χ4v) is 4.67. The van der Waals surface area contributed by atoms with Crippen molar-refractivity contribution in [3.8, 4) is 0 Å². The molecule has 1 fully saturated rings. The van der Waals surface area contributed by atoms with E-state index in [1.54, 1.807) is 47.4 Å². The summed E-state index contributed by atoms with van der Waals surface area (Å²) in [5.74, 6) is -2.64. The third-order valence-corrected chi connectivity index (χ3v) is 6.68. The number of imidazole rings is 1. The molecule has 5 rings (SSSR count). The van der Waals surface area contributed by atoms with Gasteiger partial charge in [-0.3, -0.25) is 14.4 Å². The van der Waals surface area contributed by atoms with Gasteiger partial charge < -0.3 is 15.2 Å². The zero-order valence-electron chi connectivity index (χ0n) is 20.1. The number of nitrogens with one attached hydrogen (secondary N) is 2. The second kappa shape index (κ2) is 10.1. The average molecular weight is 521 g/mol. The van der Waals surface area contributed by atoms with E-state index in [4.69, 9.17) is 0 Å². The SMILES string of the molecule is O=C(Nc1ccc(C2CCN(C(=O)c3cccc4[nH]c(C(F)(F)F)nc34)CC2)cc1)C(=O)c1ccccc1. The van der Waals surface area contributed by atoms with Crippen LogP contribution < -0.4 is 5.32 Å². The molecule has 38 heavy (non-hydrogen) atoms. The van der Waals surface area contributed by atoms with Crippen molar-refractivity contribution in [1.82, 2.24) is 14.9 Å². The van der Waals surface area contributed by atoms with Crippen molar-refractivity contribution >= 4 is 34.3 Å². The van der Waals surface area contributed by atoms with E-state index in [1.807, 2.05) is 12.1 Å². The van der Waals surface area contributed by atoms with Gasteiger partial charge in [-0.25, -0.2) is 4.98 Å². The van der Waals surface area contributed by atoms with E-state index in [0.29, 0.717) is 37.2 Å². The minimum absolute atomic E-state index is 0.00957. The standard InChI is InChI=1S/C28H23F3N4O3/c29-28(30,31)27-33-22-8-4-7-21(23(22)34-27)26(38)35-15-13-18(14-16-35)17-9-11-20(12-10-17)32-25(37)24(36)19-5-2-1-3-6-19/h1-12,18H,13-16H2,(H,32,37)(H,33,34). The molecule has 0 radical (unpaired) electrons. The Morgan fingerprint density at radius 1 is 0.895 bits per heavy atom. The maximum absolute atomic E-state index is 13.1. The molecule has 1 saturated heterocycles. The van der Waals surface area contributed by atoms with Crippen molar-refractivity contribution in [2.75, 3.05) is 18.4 Å². The Morgan fingerprint density at radius 2 is 1.58 bits per heavy atom. The van der Waals surface area contributed by atoms with Gasteiger partial charge in [-0.05, 0) is 48.6 Å². The summed E-state index contributed by atoms with van der Waals surface area (Å²) in [7, 11) is 0. The number of ketones is 1. The molecule has 0 spiro atoms. The Morgan fingerprint density at radius 3 is 2.24 bits per heavy atom. The van der Waals surface area contributed by atoms with Crippen LogP contribution in [0.2, 0.25) is 0 Å². The van der Waals surface area contributed by atoms with Crippen molar-refractivity contribution < 1.29 is 27.6 Å². The van der Waals surface area contributed by atoms with Crippen molar-refractivity contribution in [2.24, 2.45) is 0 Å². The van der Waals surface area contributed by atoms with Crippen LogP contribution in [-0.4, -0.2) is 45.6 Å². The van der Waals surface area contributed by atoms with Gasteiger partial charge in [-0.15, -0.1) is 0 Å². The number of alkyl halides is 3. The van der Waals surface area contributed by atoms with Gasteiger partial charge in [0, 0.05) is 24.3 Å². The highest BCUT2D eigenvalue weighted by molar-refractivity contribution is 6.46. The van der Waals surface area contributed by atoms with Crippen LogP contribution in [0.15, 0.2) is 72.8 Å². The molecule has 2 heterocycles. The van der Waals surface area contributed by atoms with E-state index >= 15 is 0 Å². The molecule has 2 N–H and O–H groups in total. The second-order valence-electron chi connectivity index (χ2n) is 9.12. The lowest BCUT2D eigenvalue weighted by Crippen LogP contribution is -2.38. The molecule has 0 atom stereocenters. The maximum atomic E-state index is 13.1. The Bertz CT molecular complexity index is 1490. The number of carbonyl (C=O) groups is 3. The van der Waals surface area contributed by atoms with Crippen LogP contribution in [0.25, 0.3) is 11.0 Å². The third-order valence-electron chi connectivity index (χ3n) is 6.68. The molecule has 0 saturated carbocycles. The highest BCUT2D eigenvalue weighted by Gasteiger charge is 2.35. The van der Waals surface area contributed by atoms with Crippen molar-refractivity contribution in [3.05, 3.63) is 95.3 Å². The highest BCUT2D eigenvalue weighted by Crippen LogP contribution is 2.32. The number of fused-ring (bicyclic) bond motifs is 1. The van der Waals surface area contributed by atoms with Gasteiger partial charge in [0.05, 0.1) is 11.1 Å². The summed E-state index contributed by atoms with van der Waals surface area (Å²) >= 11 is 0. The molecule has 1 aliphatic rings. The lowest BCUT2D eigenvalue weighted by Gasteiger charge is -2.32. The van der Waals surface area contributed by atoms with E-state index in [-0.39, 0.29) is 28.4 Å². The first-order valence-corrected chi connectivity index (χ1v) is 12.1. The van der Waals surface area contributed by atoms with Gasteiger partial charge in [0.2, 0.25) is 5.82 Å². The zero-order valence-corrected chi connectivity index (χ0v) is 20.1. The number of Topliss-reactive ketones (excluding diaryl/α,β-unsaturated/α-hetero) is 1. The van der Waals surface area contributed by atoms with Gasteiger partial charge in [-0.2, -0.15) is 13.2 Å². The number of para-hydroxylation sites is 1. The van der Waals surface area contributed by atoms with Crippen LogP contribution in [0, 0.1) is 0 Å². The quantitative estimate of drug-likeness (QED) is 0.271. The van der Waals surface area contributed by atoms with Crippen molar-refractivity contribution in [1.29, 1.82) is 0 Å². The number of likely N-dealkylation sites (tertiary alicyclic amines) is 1. The molecule has 1 aromatic heterocycles. The van der Waals surface area contributed by atoms with Gasteiger partial charge in [-0.1, -0.05) is 48.5 Å². The van der Waals surface area contributed by atoms with E-state index in [2.05, 4.69) is 15.3 Å². The van der Waals surface area contributed by atoms with Gasteiger partial charge in [0.1, 0.15) is 5.52 Å². The Hall–Kier alpha value is -4.47. The van der Waals surface area contributed by atoms with E-state index < -0.39 is 23.7 Å². The number of piperidine rings is 1. The number of carbonyl (C=O) groups excluding carboxylic acids is 3. The zero-order chi connectivity index (χ0) is 26.9. The van der Waals surface area contributed by atoms with Crippen LogP contribution in [0.3, 0.4) is 0 Å². The number of amides is 2. The number of aromatic nitrogens is 2. The number of H-pyrrole nitrogens is 1. The smallest absolute Gasteiger partial charge is 0.339 e. The molecule has 0 unspecified atom stereocenters. The molecule has 10 heteroatoms. The molecule has 1 aliphatic heterocycles.